The van der Waals surface area contributed by atoms with E-state index in [1.807, 2.05) is 36.4 Å². The fourth-order valence-corrected chi connectivity index (χ4v) is 2.32. The van der Waals surface area contributed by atoms with Crippen LogP contribution in [0.3, 0.4) is 0 Å². The SMILES string of the molecule is Clc1cccc2c1[nH]c1c(Cl)cccc12. The van der Waals surface area contributed by atoms with Crippen molar-refractivity contribution in [1.29, 1.82) is 0 Å². The van der Waals surface area contributed by atoms with Gasteiger partial charge < -0.3 is 4.98 Å². The molecule has 1 aromatic heterocycles. The third-order valence-corrected chi connectivity index (χ3v) is 3.20. The van der Waals surface area contributed by atoms with Crippen LogP contribution in [-0.2, 0) is 0 Å². The van der Waals surface area contributed by atoms with Gasteiger partial charge in [0, 0.05) is 10.8 Å². The minimum Gasteiger partial charge on any atom is -0.352 e. The van der Waals surface area contributed by atoms with Crippen LogP contribution >= 0.6 is 23.2 Å². The summed E-state index contributed by atoms with van der Waals surface area (Å²) in [6.45, 7) is 0. The minimum atomic E-state index is 0.722. The molecule has 3 heteroatoms. The summed E-state index contributed by atoms with van der Waals surface area (Å²) >= 11 is 12.2. The van der Waals surface area contributed by atoms with Crippen molar-refractivity contribution in [2.75, 3.05) is 0 Å². The number of rotatable bonds is 0. The summed E-state index contributed by atoms with van der Waals surface area (Å²) in [6.07, 6.45) is 0. The first-order valence-electron chi connectivity index (χ1n) is 4.62. The molecular weight excluding hydrogens is 229 g/mol. The van der Waals surface area contributed by atoms with Crippen LogP contribution in [0.5, 0.6) is 0 Å². The molecule has 0 saturated heterocycles. The summed E-state index contributed by atoms with van der Waals surface area (Å²) in [7, 11) is 0. The van der Waals surface area contributed by atoms with Crippen molar-refractivity contribution in [3.8, 4) is 0 Å². The Kier molecular flexibility index (Phi) is 1.91. The van der Waals surface area contributed by atoms with Crippen molar-refractivity contribution in [2.45, 2.75) is 0 Å². The molecule has 0 fully saturated rings. The van der Waals surface area contributed by atoms with Gasteiger partial charge in [-0.1, -0.05) is 47.5 Å². The van der Waals surface area contributed by atoms with Gasteiger partial charge in [-0.25, -0.2) is 0 Å². The Hall–Kier alpha value is -1.18. The fourth-order valence-electron chi connectivity index (χ4n) is 1.88. The van der Waals surface area contributed by atoms with E-state index >= 15 is 0 Å². The number of para-hydroxylation sites is 2. The maximum absolute atomic E-state index is 6.11. The smallest absolute Gasteiger partial charge is 0.0654 e. The van der Waals surface area contributed by atoms with Crippen LogP contribution in [-0.4, -0.2) is 4.98 Å². The summed E-state index contributed by atoms with van der Waals surface area (Å²) in [5, 5.41) is 3.67. The Morgan fingerprint density at radius 1 is 0.733 bits per heavy atom. The molecule has 74 valence electrons. The number of nitrogens with one attached hydrogen (secondary N) is 1. The molecule has 0 aliphatic rings. The fraction of sp³-hybridized carbons (Fsp3) is 0. The molecule has 15 heavy (non-hydrogen) atoms. The molecule has 0 radical (unpaired) electrons. The van der Waals surface area contributed by atoms with Crippen molar-refractivity contribution < 1.29 is 0 Å². The predicted molar refractivity (Wildman–Crippen MR) is 65.8 cm³/mol. The Balaban J connectivity index is 2.63. The van der Waals surface area contributed by atoms with Crippen LogP contribution in [0.4, 0.5) is 0 Å². The summed E-state index contributed by atoms with van der Waals surface area (Å²) in [6, 6.07) is 11.7. The average molecular weight is 236 g/mol. The van der Waals surface area contributed by atoms with E-state index in [-0.39, 0.29) is 0 Å². The topological polar surface area (TPSA) is 15.8 Å². The number of benzene rings is 2. The maximum atomic E-state index is 6.11. The van der Waals surface area contributed by atoms with E-state index in [0.29, 0.717) is 0 Å². The number of aromatic nitrogens is 1. The minimum absolute atomic E-state index is 0.722. The molecule has 1 N–H and O–H groups in total. The van der Waals surface area contributed by atoms with Gasteiger partial charge in [0.25, 0.3) is 0 Å². The van der Waals surface area contributed by atoms with E-state index in [4.69, 9.17) is 23.2 Å². The van der Waals surface area contributed by atoms with Gasteiger partial charge in [-0.15, -0.1) is 0 Å². The van der Waals surface area contributed by atoms with Gasteiger partial charge in [-0.3, -0.25) is 0 Å². The summed E-state index contributed by atoms with van der Waals surface area (Å²) in [5.74, 6) is 0. The van der Waals surface area contributed by atoms with Crippen LogP contribution in [0, 0.1) is 0 Å². The molecule has 0 spiro atoms. The highest BCUT2D eigenvalue weighted by atomic mass is 35.5. The predicted octanol–water partition coefficient (Wildman–Crippen LogP) is 4.63. The normalized spacial score (nSPS) is 11.3. The lowest BCUT2D eigenvalue weighted by atomic mass is 10.1. The van der Waals surface area contributed by atoms with Crippen molar-refractivity contribution in [1.82, 2.24) is 4.98 Å². The van der Waals surface area contributed by atoms with E-state index < -0.39 is 0 Å². The second kappa shape index (κ2) is 3.16. The highest BCUT2D eigenvalue weighted by Gasteiger charge is 2.08. The Bertz CT molecular complexity index is 599. The van der Waals surface area contributed by atoms with E-state index in [1.165, 1.54) is 0 Å². The van der Waals surface area contributed by atoms with Crippen LogP contribution < -0.4 is 0 Å². The van der Waals surface area contributed by atoms with Crippen LogP contribution in [0.15, 0.2) is 36.4 Å². The molecule has 1 nitrogen and oxygen atoms in total. The number of hydrogen-bond acceptors (Lipinski definition) is 0. The first-order chi connectivity index (χ1) is 7.27. The van der Waals surface area contributed by atoms with Gasteiger partial charge in [0.1, 0.15) is 0 Å². The molecule has 1 heterocycles. The second-order valence-corrected chi connectivity index (χ2v) is 4.26. The lowest BCUT2D eigenvalue weighted by molar-refractivity contribution is 1.54. The third kappa shape index (κ3) is 1.24. The Morgan fingerprint density at radius 2 is 1.20 bits per heavy atom. The number of halogens is 2. The molecule has 0 aliphatic heterocycles. The number of aromatic amines is 1. The zero-order valence-corrected chi connectivity index (χ0v) is 9.23. The first kappa shape index (κ1) is 9.08. The summed E-state index contributed by atoms with van der Waals surface area (Å²) in [4.78, 5) is 3.25. The lowest BCUT2D eigenvalue weighted by Gasteiger charge is -1.92. The van der Waals surface area contributed by atoms with Gasteiger partial charge in [-0.05, 0) is 12.1 Å². The molecular formula is C12H7Cl2N. The molecule has 0 unspecified atom stereocenters. The van der Waals surface area contributed by atoms with Gasteiger partial charge in [-0.2, -0.15) is 0 Å². The van der Waals surface area contributed by atoms with Gasteiger partial charge in [0.2, 0.25) is 0 Å². The standard InChI is InChI=1S/C12H7Cl2N/c13-9-5-1-3-7-8-4-2-6-10(14)12(8)15-11(7)9/h1-6,15H. The average Bonchev–Trinajstić information content (AvgIpc) is 2.60. The summed E-state index contributed by atoms with van der Waals surface area (Å²) < 4.78 is 0. The van der Waals surface area contributed by atoms with Gasteiger partial charge in [0.15, 0.2) is 0 Å². The maximum Gasteiger partial charge on any atom is 0.0654 e. The molecule has 2 aromatic carbocycles. The molecule has 3 aromatic rings. The van der Waals surface area contributed by atoms with E-state index in [1.54, 1.807) is 0 Å². The molecule has 0 amide bonds. The number of hydrogen-bond donors (Lipinski definition) is 1. The van der Waals surface area contributed by atoms with Crippen molar-refractivity contribution >= 4 is 45.0 Å². The molecule has 0 aliphatic carbocycles. The second-order valence-electron chi connectivity index (χ2n) is 3.45. The largest absolute Gasteiger partial charge is 0.352 e. The van der Waals surface area contributed by atoms with Crippen LogP contribution in [0.25, 0.3) is 21.8 Å². The van der Waals surface area contributed by atoms with E-state index in [0.717, 1.165) is 31.9 Å². The summed E-state index contributed by atoms with van der Waals surface area (Å²) in [5.41, 5.74) is 1.89. The van der Waals surface area contributed by atoms with Crippen LogP contribution in [0.1, 0.15) is 0 Å². The highest BCUT2D eigenvalue weighted by molar-refractivity contribution is 6.39. The quantitative estimate of drug-likeness (QED) is 0.585. The van der Waals surface area contributed by atoms with E-state index in [9.17, 15) is 0 Å². The Morgan fingerprint density at radius 3 is 1.67 bits per heavy atom. The molecule has 0 atom stereocenters. The van der Waals surface area contributed by atoms with Crippen molar-refractivity contribution in [3.05, 3.63) is 46.4 Å². The monoisotopic (exact) mass is 235 g/mol. The third-order valence-electron chi connectivity index (χ3n) is 2.57. The zero-order chi connectivity index (χ0) is 10.4. The molecule has 0 bridgehead atoms. The van der Waals surface area contributed by atoms with Gasteiger partial charge >= 0.3 is 0 Å². The highest BCUT2D eigenvalue weighted by Crippen LogP contribution is 2.32. The van der Waals surface area contributed by atoms with Crippen molar-refractivity contribution in [2.24, 2.45) is 0 Å². The number of fused-ring (bicyclic) bond motifs is 3. The lowest BCUT2D eigenvalue weighted by Crippen LogP contribution is -1.69. The zero-order valence-electron chi connectivity index (χ0n) is 7.72. The first-order valence-corrected chi connectivity index (χ1v) is 5.37. The molecule has 0 saturated carbocycles. The molecule has 3 rings (SSSR count). The van der Waals surface area contributed by atoms with Crippen LogP contribution in [0.2, 0.25) is 10.0 Å². The number of H-pyrrole nitrogens is 1. The van der Waals surface area contributed by atoms with E-state index in [2.05, 4.69) is 4.98 Å². The van der Waals surface area contributed by atoms with Gasteiger partial charge in [0.05, 0.1) is 21.1 Å². The Labute approximate surface area is 96.6 Å². The van der Waals surface area contributed by atoms with Crippen molar-refractivity contribution in [3.63, 3.8) is 0 Å².